The summed E-state index contributed by atoms with van der Waals surface area (Å²) in [4.78, 5) is 22.2. The Morgan fingerprint density at radius 1 is 1.37 bits per heavy atom. The van der Waals surface area contributed by atoms with E-state index < -0.39 is 17.8 Å². The SMILES string of the molecule is COC(=O)/C=C(\C)N=NC(=O)Nc1cccc(F)c1. The lowest BCUT2D eigenvalue weighted by atomic mass is 10.3. The average Bonchev–Trinajstić information content (AvgIpc) is 2.36. The molecule has 1 rings (SSSR count). The van der Waals surface area contributed by atoms with Gasteiger partial charge in [0.1, 0.15) is 5.82 Å². The summed E-state index contributed by atoms with van der Waals surface area (Å²) in [6, 6.07) is 4.58. The highest BCUT2D eigenvalue weighted by atomic mass is 19.1. The Bertz CT molecular complexity index is 541. The molecule has 2 amide bonds. The number of esters is 1. The van der Waals surface area contributed by atoms with Crippen molar-refractivity contribution < 1.29 is 18.7 Å². The van der Waals surface area contributed by atoms with E-state index in [9.17, 15) is 14.0 Å². The number of carbonyl (C=O) groups excluding carboxylic acids is 2. The fourth-order valence-electron chi connectivity index (χ4n) is 1.10. The number of azo groups is 1. The molecular formula is C12H12FN3O3. The summed E-state index contributed by atoms with van der Waals surface area (Å²) in [5, 5.41) is 9.15. The van der Waals surface area contributed by atoms with Crippen molar-refractivity contribution >= 4 is 17.7 Å². The minimum Gasteiger partial charge on any atom is -0.466 e. The summed E-state index contributed by atoms with van der Waals surface area (Å²) < 4.78 is 17.2. The fraction of sp³-hybridized carbons (Fsp3) is 0.167. The molecule has 0 radical (unpaired) electrons. The molecule has 0 aliphatic rings. The first kappa shape index (κ1) is 14.5. The van der Waals surface area contributed by atoms with Crippen molar-refractivity contribution in [3.63, 3.8) is 0 Å². The summed E-state index contributed by atoms with van der Waals surface area (Å²) in [6.45, 7) is 1.48. The lowest BCUT2D eigenvalue weighted by Gasteiger charge is -2.00. The predicted molar refractivity (Wildman–Crippen MR) is 66.0 cm³/mol. The number of urea groups is 1. The Morgan fingerprint density at radius 3 is 2.74 bits per heavy atom. The summed E-state index contributed by atoms with van der Waals surface area (Å²) in [7, 11) is 1.22. The smallest absolute Gasteiger partial charge is 0.364 e. The molecule has 0 aliphatic heterocycles. The van der Waals surface area contributed by atoms with E-state index in [2.05, 4.69) is 20.3 Å². The van der Waals surface area contributed by atoms with Gasteiger partial charge >= 0.3 is 12.0 Å². The highest BCUT2D eigenvalue weighted by molar-refractivity contribution is 5.89. The highest BCUT2D eigenvalue weighted by Gasteiger charge is 2.01. The summed E-state index contributed by atoms with van der Waals surface area (Å²) in [6.07, 6.45) is 1.08. The Labute approximate surface area is 109 Å². The molecule has 0 saturated heterocycles. The van der Waals surface area contributed by atoms with Gasteiger partial charge in [0, 0.05) is 11.8 Å². The van der Waals surface area contributed by atoms with E-state index in [0.29, 0.717) is 0 Å². The van der Waals surface area contributed by atoms with Crippen molar-refractivity contribution in [1.29, 1.82) is 0 Å². The van der Waals surface area contributed by atoms with Gasteiger partial charge in [-0.2, -0.15) is 5.11 Å². The van der Waals surface area contributed by atoms with E-state index in [-0.39, 0.29) is 11.4 Å². The Hall–Kier alpha value is -2.57. The highest BCUT2D eigenvalue weighted by Crippen LogP contribution is 2.09. The van der Waals surface area contributed by atoms with Crippen molar-refractivity contribution in [3.05, 3.63) is 41.9 Å². The molecule has 0 unspecified atom stereocenters. The van der Waals surface area contributed by atoms with Gasteiger partial charge in [-0.3, -0.25) is 0 Å². The van der Waals surface area contributed by atoms with Crippen LogP contribution in [0.2, 0.25) is 0 Å². The first-order valence-corrected chi connectivity index (χ1v) is 5.26. The number of nitrogens with one attached hydrogen (secondary N) is 1. The van der Waals surface area contributed by atoms with Gasteiger partial charge in [0.15, 0.2) is 0 Å². The van der Waals surface area contributed by atoms with Gasteiger partial charge in [-0.1, -0.05) is 11.2 Å². The first-order chi connectivity index (χ1) is 9.01. The van der Waals surface area contributed by atoms with E-state index in [1.54, 1.807) is 0 Å². The Balaban J connectivity index is 2.60. The standard InChI is InChI=1S/C12H12FN3O3/c1-8(6-11(17)19-2)15-16-12(18)14-10-5-3-4-9(13)7-10/h3-7H,1-2H3,(H,14,18)/b8-6+,16-15?. The van der Waals surface area contributed by atoms with Gasteiger partial charge in [0.25, 0.3) is 0 Å². The molecule has 6 nitrogen and oxygen atoms in total. The molecule has 100 valence electrons. The number of amides is 2. The molecule has 0 bridgehead atoms. The van der Waals surface area contributed by atoms with Crippen LogP contribution in [-0.4, -0.2) is 19.1 Å². The zero-order valence-electron chi connectivity index (χ0n) is 10.4. The van der Waals surface area contributed by atoms with Crippen molar-refractivity contribution in [3.8, 4) is 0 Å². The van der Waals surface area contributed by atoms with Gasteiger partial charge in [-0.05, 0) is 25.1 Å². The molecule has 0 atom stereocenters. The van der Waals surface area contributed by atoms with Crippen molar-refractivity contribution in [2.45, 2.75) is 6.92 Å². The summed E-state index contributed by atoms with van der Waals surface area (Å²) >= 11 is 0. The third-order valence-corrected chi connectivity index (χ3v) is 1.90. The van der Waals surface area contributed by atoms with E-state index in [4.69, 9.17) is 0 Å². The van der Waals surface area contributed by atoms with Crippen LogP contribution in [-0.2, 0) is 9.53 Å². The van der Waals surface area contributed by atoms with E-state index >= 15 is 0 Å². The third-order valence-electron chi connectivity index (χ3n) is 1.90. The molecule has 1 aromatic rings. The van der Waals surface area contributed by atoms with Gasteiger partial charge in [-0.25, -0.2) is 14.0 Å². The number of methoxy groups -OCH3 is 1. The van der Waals surface area contributed by atoms with Gasteiger partial charge in [-0.15, -0.1) is 0 Å². The predicted octanol–water partition coefficient (Wildman–Crippen LogP) is 2.89. The number of anilines is 1. The number of benzene rings is 1. The van der Waals surface area contributed by atoms with E-state index in [1.165, 1.54) is 32.2 Å². The summed E-state index contributed by atoms with van der Waals surface area (Å²) in [5.41, 5.74) is 0.472. The zero-order chi connectivity index (χ0) is 14.3. The molecule has 0 aliphatic carbocycles. The number of hydrogen-bond donors (Lipinski definition) is 1. The molecule has 0 fully saturated rings. The molecule has 19 heavy (non-hydrogen) atoms. The largest absolute Gasteiger partial charge is 0.466 e. The minimum atomic E-state index is -0.775. The molecule has 0 aromatic heterocycles. The number of ether oxygens (including phenoxy) is 1. The van der Waals surface area contributed by atoms with Crippen molar-refractivity contribution in [2.75, 3.05) is 12.4 Å². The van der Waals surface area contributed by atoms with Crippen LogP contribution in [0.4, 0.5) is 14.9 Å². The third kappa shape index (κ3) is 5.53. The fourth-order valence-corrected chi connectivity index (χ4v) is 1.10. The molecule has 1 N–H and O–H groups in total. The quantitative estimate of drug-likeness (QED) is 0.518. The van der Waals surface area contributed by atoms with Crippen molar-refractivity contribution in [1.82, 2.24) is 0 Å². The number of allylic oxidation sites excluding steroid dienone is 1. The van der Waals surface area contributed by atoms with Crippen LogP contribution in [0, 0.1) is 5.82 Å². The van der Waals surface area contributed by atoms with Crippen LogP contribution >= 0.6 is 0 Å². The van der Waals surface area contributed by atoms with Crippen molar-refractivity contribution in [2.24, 2.45) is 10.2 Å². The Kier molecular flexibility index (Phi) is 5.34. The maximum atomic E-state index is 12.8. The number of rotatable bonds is 3. The Morgan fingerprint density at radius 2 is 2.11 bits per heavy atom. The number of hydrogen-bond acceptors (Lipinski definition) is 4. The zero-order valence-corrected chi connectivity index (χ0v) is 10.4. The maximum Gasteiger partial charge on any atom is 0.364 e. The van der Waals surface area contributed by atoms with Gasteiger partial charge in [0.2, 0.25) is 0 Å². The monoisotopic (exact) mass is 265 g/mol. The second kappa shape index (κ2) is 7.00. The molecule has 1 aromatic carbocycles. The molecule has 0 saturated carbocycles. The molecule has 0 spiro atoms. The van der Waals surface area contributed by atoms with Crippen LogP contribution in [0.1, 0.15) is 6.92 Å². The van der Waals surface area contributed by atoms with Gasteiger partial charge < -0.3 is 10.1 Å². The van der Waals surface area contributed by atoms with Crippen LogP contribution in [0.5, 0.6) is 0 Å². The normalized spacial score (nSPS) is 11.4. The summed E-state index contributed by atoms with van der Waals surface area (Å²) in [5.74, 6) is -1.07. The van der Waals surface area contributed by atoms with Crippen LogP contribution in [0.25, 0.3) is 0 Å². The van der Waals surface area contributed by atoms with Crippen LogP contribution < -0.4 is 5.32 Å². The second-order valence-corrected chi connectivity index (χ2v) is 3.45. The number of halogens is 1. The lowest BCUT2D eigenvalue weighted by molar-refractivity contribution is -0.134. The lowest BCUT2D eigenvalue weighted by Crippen LogP contribution is -2.05. The first-order valence-electron chi connectivity index (χ1n) is 5.26. The van der Waals surface area contributed by atoms with Crippen LogP contribution in [0.15, 0.2) is 46.3 Å². The number of carbonyl (C=O) groups is 2. The minimum absolute atomic E-state index is 0.209. The molecule has 0 heterocycles. The molecular weight excluding hydrogens is 253 g/mol. The average molecular weight is 265 g/mol. The van der Waals surface area contributed by atoms with Crippen LogP contribution in [0.3, 0.4) is 0 Å². The molecule has 7 heteroatoms. The second-order valence-electron chi connectivity index (χ2n) is 3.45. The maximum absolute atomic E-state index is 12.8. The number of nitrogens with zero attached hydrogens (tertiary/aromatic N) is 2. The topological polar surface area (TPSA) is 80.1 Å². The van der Waals surface area contributed by atoms with Gasteiger partial charge in [0.05, 0.1) is 12.8 Å². The van der Waals surface area contributed by atoms with E-state index in [1.807, 2.05) is 0 Å². The van der Waals surface area contributed by atoms with E-state index in [0.717, 1.165) is 12.1 Å².